The summed E-state index contributed by atoms with van der Waals surface area (Å²) in [7, 11) is 0. The van der Waals surface area contributed by atoms with E-state index >= 15 is 0 Å². The monoisotopic (exact) mass is 307 g/mol. The topological polar surface area (TPSA) is 75.6 Å². The minimum absolute atomic E-state index is 0.0216. The number of aryl methyl sites for hydroxylation is 1. The Morgan fingerprint density at radius 1 is 1.36 bits per heavy atom. The van der Waals surface area contributed by atoms with Gasteiger partial charge in [-0.3, -0.25) is 9.59 Å². The SMILES string of the molecule is CCC(C)OCC(=O)NCC(Cc1cccc(C)c1)C(=O)O. The molecule has 2 unspecified atom stereocenters. The van der Waals surface area contributed by atoms with Crippen LogP contribution in [0.1, 0.15) is 31.4 Å². The second-order valence-corrected chi connectivity index (χ2v) is 5.56. The zero-order valence-corrected chi connectivity index (χ0v) is 13.5. The summed E-state index contributed by atoms with van der Waals surface area (Å²) in [5.41, 5.74) is 2.05. The molecular formula is C17H25NO4. The molecule has 1 aromatic carbocycles. The highest BCUT2D eigenvalue weighted by Gasteiger charge is 2.19. The molecule has 0 saturated heterocycles. The molecule has 0 aromatic heterocycles. The van der Waals surface area contributed by atoms with Gasteiger partial charge in [-0.15, -0.1) is 0 Å². The van der Waals surface area contributed by atoms with Crippen molar-refractivity contribution < 1.29 is 19.4 Å². The van der Waals surface area contributed by atoms with E-state index in [1.54, 1.807) is 0 Å². The van der Waals surface area contributed by atoms with Crippen LogP contribution in [0.3, 0.4) is 0 Å². The molecule has 0 aliphatic heterocycles. The Kier molecular flexibility index (Phi) is 7.60. The molecule has 22 heavy (non-hydrogen) atoms. The zero-order chi connectivity index (χ0) is 16.5. The Bertz CT molecular complexity index is 501. The molecule has 1 amide bonds. The lowest BCUT2D eigenvalue weighted by Gasteiger charge is -2.15. The molecule has 0 aliphatic carbocycles. The van der Waals surface area contributed by atoms with E-state index in [0.717, 1.165) is 17.5 Å². The van der Waals surface area contributed by atoms with Crippen LogP contribution < -0.4 is 5.32 Å². The minimum atomic E-state index is -0.912. The van der Waals surface area contributed by atoms with E-state index in [9.17, 15) is 14.7 Å². The Balaban J connectivity index is 2.48. The number of carboxylic acid groups (broad SMARTS) is 1. The highest BCUT2D eigenvalue weighted by molar-refractivity contribution is 5.78. The number of aliphatic carboxylic acids is 1. The van der Waals surface area contributed by atoms with Crippen LogP contribution in [-0.4, -0.2) is 36.2 Å². The van der Waals surface area contributed by atoms with Gasteiger partial charge in [0.2, 0.25) is 5.91 Å². The lowest BCUT2D eigenvalue weighted by atomic mass is 9.98. The molecule has 1 aromatic rings. The van der Waals surface area contributed by atoms with E-state index in [4.69, 9.17) is 4.74 Å². The number of rotatable bonds is 9. The normalized spacial score (nSPS) is 13.4. The Labute approximate surface area is 131 Å². The van der Waals surface area contributed by atoms with Gasteiger partial charge in [0.05, 0.1) is 12.0 Å². The second-order valence-electron chi connectivity index (χ2n) is 5.56. The van der Waals surface area contributed by atoms with Crippen LogP contribution in [0.2, 0.25) is 0 Å². The van der Waals surface area contributed by atoms with Crippen LogP contribution in [0, 0.1) is 12.8 Å². The van der Waals surface area contributed by atoms with Gasteiger partial charge in [-0.2, -0.15) is 0 Å². The first kappa shape index (κ1) is 18.2. The van der Waals surface area contributed by atoms with Crippen molar-refractivity contribution >= 4 is 11.9 Å². The van der Waals surface area contributed by atoms with Gasteiger partial charge in [0.15, 0.2) is 0 Å². The molecule has 0 spiro atoms. The maximum absolute atomic E-state index is 11.7. The summed E-state index contributed by atoms with van der Waals surface area (Å²) >= 11 is 0. The first-order chi connectivity index (χ1) is 10.4. The van der Waals surface area contributed by atoms with Crippen molar-refractivity contribution in [3.8, 4) is 0 Å². The zero-order valence-electron chi connectivity index (χ0n) is 13.5. The standard InChI is InChI=1S/C17H25NO4/c1-4-13(3)22-11-16(19)18-10-15(17(20)21)9-14-7-5-6-12(2)8-14/h5-8,13,15H,4,9-11H2,1-3H3,(H,18,19)(H,20,21). The summed E-state index contributed by atoms with van der Waals surface area (Å²) in [5, 5.41) is 11.9. The Morgan fingerprint density at radius 2 is 2.09 bits per heavy atom. The Hall–Kier alpha value is -1.88. The van der Waals surface area contributed by atoms with Crippen molar-refractivity contribution in [1.82, 2.24) is 5.32 Å². The van der Waals surface area contributed by atoms with E-state index in [0.29, 0.717) is 6.42 Å². The predicted octanol–water partition coefficient (Wildman–Crippen LogP) is 2.17. The number of benzene rings is 1. The van der Waals surface area contributed by atoms with Crippen LogP contribution in [0.5, 0.6) is 0 Å². The van der Waals surface area contributed by atoms with E-state index in [-0.39, 0.29) is 25.2 Å². The molecule has 1 rings (SSSR count). The first-order valence-electron chi connectivity index (χ1n) is 7.59. The highest BCUT2D eigenvalue weighted by atomic mass is 16.5. The fourth-order valence-corrected chi connectivity index (χ4v) is 1.99. The average Bonchev–Trinajstić information content (AvgIpc) is 2.48. The van der Waals surface area contributed by atoms with Crippen molar-refractivity contribution in [2.75, 3.05) is 13.2 Å². The van der Waals surface area contributed by atoms with Gasteiger partial charge in [0, 0.05) is 6.54 Å². The third-order valence-electron chi connectivity index (χ3n) is 3.53. The quantitative estimate of drug-likeness (QED) is 0.733. The molecule has 0 heterocycles. The van der Waals surface area contributed by atoms with Gasteiger partial charge in [-0.1, -0.05) is 36.8 Å². The lowest BCUT2D eigenvalue weighted by Crippen LogP contribution is -2.36. The summed E-state index contributed by atoms with van der Waals surface area (Å²) in [6, 6.07) is 7.73. The smallest absolute Gasteiger partial charge is 0.308 e. The number of carbonyl (C=O) groups excluding carboxylic acids is 1. The van der Waals surface area contributed by atoms with Crippen LogP contribution >= 0.6 is 0 Å². The van der Waals surface area contributed by atoms with Gasteiger partial charge in [0.25, 0.3) is 0 Å². The van der Waals surface area contributed by atoms with Gasteiger partial charge in [-0.05, 0) is 32.3 Å². The van der Waals surface area contributed by atoms with Gasteiger partial charge in [0.1, 0.15) is 6.61 Å². The Morgan fingerprint density at radius 3 is 2.68 bits per heavy atom. The number of carboxylic acids is 1. The number of hydrogen-bond donors (Lipinski definition) is 2. The number of hydrogen-bond acceptors (Lipinski definition) is 3. The highest BCUT2D eigenvalue weighted by Crippen LogP contribution is 2.11. The summed E-state index contributed by atoms with van der Waals surface area (Å²) < 4.78 is 5.32. The molecule has 2 atom stereocenters. The molecule has 0 radical (unpaired) electrons. The average molecular weight is 307 g/mol. The molecule has 0 bridgehead atoms. The third-order valence-corrected chi connectivity index (χ3v) is 3.53. The van der Waals surface area contributed by atoms with E-state index < -0.39 is 11.9 Å². The molecule has 122 valence electrons. The fourth-order valence-electron chi connectivity index (χ4n) is 1.99. The molecule has 2 N–H and O–H groups in total. The second kappa shape index (κ2) is 9.20. The van der Waals surface area contributed by atoms with Crippen LogP contribution in [0.25, 0.3) is 0 Å². The summed E-state index contributed by atoms with van der Waals surface area (Å²) in [5.74, 6) is -1.84. The minimum Gasteiger partial charge on any atom is -0.481 e. The van der Waals surface area contributed by atoms with Crippen molar-refractivity contribution in [2.24, 2.45) is 5.92 Å². The molecule has 5 heteroatoms. The molecule has 0 fully saturated rings. The summed E-state index contributed by atoms with van der Waals surface area (Å²) in [4.78, 5) is 23.0. The number of ether oxygens (including phenoxy) is 1. The van der Waals surface area contributed by atoms with E-state index in [1.165, 1.54) is 0 Å². The van der Waals surface area contributed by atoms with Crippen LogP contribution in [0.4, 0.5) is 0 Å². The van der Waals surface area contributed by atoms with E-state index in [2.05, 4.69) is 5.32 Å². The maximum Gasteiger partial charge on any atom is 0.308 e. The predicted molar refractivity (Wildman–Crippen MR) is 84.7 cm³/mol. The molecule has 0 saturated carbocycles. The van der Waals surface area contributed by atoms with Crippen molar-refractivity contribution in [2.45, 2.75) is 39.7 Å². The van der Waals surface area contributed by atoms with Crippen molar-refractivity contribution in [1.29, 1.82) is 0 Å². The van der Waals surface area contributed by atoms with Crippen LogP contribution in [0.15, 0.2) is 24.3 Å². The number of nitrogens with one attached hydrogen (secondary N) is 1. The largest absolute Gasteiger partial charge is 0.481 e. The summed E-state index contributed by atoms with van der Waals surface area (Å²) in [6.45, 7) is 5.90. The lowest BCUT2D eigenvalue weighted by molar-refractivity contribution is -0.141. The maximum atomic E-state index is 11.7. The fraction of sp³-hybridized carbons (Fsp3) is 0.529. The molecule has 5 nitrogen and oxygen atoms in total. The molecular weight excluding hydrogens is 282 g/mol. The van der Waals surface area contributed by atoms with Gasteiger partial charge < -0.3 is 15.2 Å². The van der Waals surface area contributed by atoms with Gasteiger partial charge in [-0.25, -0.2) is 0 Å². The van der Waals surface area contributed by atoms with E-state index in [1.807, 2.05) is 45.0 Å². The van der Waals surface area contributed by atoms with Gasteiger partial charge >= 0.3 is 5.97 Å². The third kappa shape index (κ3) is 6.72. The summed E-state index contributed by atoms with van der Waals surface area (Å²) in [6.07, 6.45) is 1.25. The first-order valence-corrected chi connectivity index (χ1v) is 7.59. The number of carbonyl (C=O) groups is 2. The van der Waals surface area contributed by atoms with Crippen LogP contribution in [-0.2, 0) is 20.7 Å². The number of amides is 1. The van der Waals surface area contributed by atoms with Crippen molar-refractivity contribution in [3.63, 3.8) is 0 Å². The molecule has 0 aliphatic rings. The van der Waals surface area contributed by atoms with Crippen molar-refractivity contribution in [3.05, 3.63) is 35.4 Å².